The van der Waals surface area contributed by atoms with Gasteiger partial charge in [-0.1, -0.05) is 103 Å². The lowest BCUT2D eigenvalue weighted by atomic mass is 9.82. The van der Waals surface area contributed by atoms with Crippen LogP contribution in [0.25, 0.3) is 44.1 Å². The molecular weight excluding hydrogens is 955 g/mol. The van der Waals surface area contributed by atoms with Crippen LogP contribution in [0.2, 0.25) is 6.32 Å². The van der Waals surface area contributed by atoms with Gasteiger partial charge < -0.3 is 38.5 Å². The largest absolute Gasteiger partial charge is 0.508 e. The molecule has 2 saturated heterocycles. The van der Waals surface area contributed by atoms with E-state index in [0.717, 1.165) is 65.2 Å². The maximum Gasteiger partial charge on any atom is 0.508 e. The maximum absolute atomic E-state index is 12.1. The SMILES string of the molecule is CC.CC1(C)OB(CCC2COC(=O)O2)OC1(C)C.CCOC(=O)Cc1cnc2ccccc2c1-c1cccc(Br)c1.CCOC(=O)Cc1cnc2ccccc2c1-c1cccc(CCC(O)CO)c1. The van der Waals surface area contributed by atoms with Crippen molar-refractivity contribution in [1.82, 2.24) is 9.97 Å². The number of ether oxygens (including phenoxy) is 4. The van der Waals surface area contributed by atoms with E-state index in [1.54, 1.807) is 19.3 Å². The molecular formula is C55H66BBrN2O11. The Hall–Kier alpha value is -5.71. The molecule has 0 radical (unpaired) electrons. The third-order valence-corrected chi connectivity index (χ3v) is 12.5. The van der Waals surface area contributed by atoms with E-state index in [2.05, 4.69) is 38.0 Å². The van der Waals surface area contributed by atoms with Crippen LogP contribution < -0.4 is 0 Å². The second-order valence-corrected chi connectivity index (χ2v) is 18.4. The van der Waals surface area contributed by atoms with Crippen molar-refractivity contribution in [2.75, 3.05) is 26.4 Å². The molecule has 8 rings (SSSR count). The first-order valence-corrected chi connectivity index (χ1v) is 24.8. The van der Waals surface area contributed by atoms with Crippen molar-refractivity contribution >= 4 is 62.9 Å². The molecule has 0 saturated carbocycles. The smallest absolute Gasteiger partial charge is 0.466 e. The van der Waals surface area contributed by atoms with Crippen LogP contribution >= 0.6 is 15.9 Å². The zero-order chi connectivity index (χ0) is 50.8. The van der Waals surface area contributed by atoms with Crippen molar-refractivity contribution in [2.24, 2.45) is 0 Å². The number of nitrogens with zero attached hydrogens (tertiary/aromatic N) is 2. The number of halogens is 1. The van der Waals surface area contributed by atoms with Gasteiger partial charge in [-0.25, -0.2) is 4.79 Å². The number of carbonyl (C=O) groups is 3. The molecule has 4 aromatic carbocycles. The number of aliphatic hydroxyl groups is 2. The summed E-state index contributed by atoms with van der Waals surface area (Å²) < 4.78 is 32.6. The first-order chi connectivity index (χ1) is 33.6. The first-order valence-electron chi connectivity index (χ1n) is 24.0. The number of hydrogen-bond donors (Lipinski definition) is 2. The molecule has 6 aromatic rings. The Kier molecular flexibility index (Phi) is 20.9. The Balaban J connectivity index is 0.000000197. The van der Waals surface area contributed by atoms with Gasteiger partial charge in [0.05, 0.1) is 61.0 Å². The molecule has 2 N–H and O–H groups in total. The molecule has 0 amide bonds. The van der Waals surface area contributed by atoms with Crippen LogP contribution in [0.15, 0.2) is 114 Å². The second kappa shape index (κ2) is 26.5. The summed E-state index contributed by atoms with van der Waals surface area (Å²) in [4.78, 5) is 43.8. The highest BCUT2D eigenvalue weighted by Gasteiger charge is 2.51. The van der Waals surface area contributed by atoms with Crippen molar-refractivity contribution in [3.05, 3.63) is 131 Å². The summed E-state index contributed by atoms with van der Waals surface area (Å²) in [6, 6.07) is 32.0. The number of cyclic esters (lactones) is 2. The number of pyridine rings is 2. The fourth-order valence-corrected chi connectivity index (χ4v) is 8.31. The molecule has 0 bridgehead atoms. The molecule has 2 fully saturated rings. The molecule has 2 unspecified atom stereocenters. The zero-order valence-electron chi connectivity index (χ0n) is 41.5. The van der Waals surface area contributed by atoms with Gasteiger partial charge in [0.2, 0.25) is 0 Å². The predicted octanol–water partition coefficient (Wildman–Crippen LogP) is 11.1. The Labute approximate surface area is 420 Å². The highest BCUT2D eigenvalue weighted by atomic mass is 79.9. The lowest BCUT2D eigenvalue weighted by Gasteiger charge is -2.32. The minimum absolute atomic E-state index is 0.161. The first kappa shape index (κ1) is 55.2. The second-order valence-electron chi connectivity index (χ2n) is 17.5. The number of benzene rings is 4. The highest BCUT2D eigenvalue weighted by molar-refractivity contribution is 9.10. The van der Waals surface area contributed by atoms with Gasteiger partial charge in [0.25, 0.3) is 0 Å². The lowest BCUT2D eigenvalue weighted by Crippen LogP contribution is -2.41. The molecule has 2 aliphatic rings. The van der Waals surface area contributed by atoms with Gasteiger partial charge in [-0.15, -0.1) is 0 Å². The minimum Gasteiger partial charge on any atom is -0.466 e. The number of hydrogen-bond acceptors (Lipinski definition) is 13. The summed E-state index contributed by atoms with van der Waals surface area (Å²) in [5.41, 5.74) is 7.99. The number of aryl methyl sites for hydroxylation is 1. The van der Waals surface area contributed by atoms with Gasteiger partial charge in [-0.2, -0.15) is 0 Å². The number of para-hydroxylation sites is 2. The number of aliphatic hydroxyl groups excluding tert-OH is 2. The van der Waals surface area contributed by atoms with E-state index in [1.165, 1.54) is 0 Å². The average molecular weight is 1020 g/mol. The maximum atomic E-state index is 12.1. The van der Waals surface area contributed by atoms with E-state index in [-0.39, 0.29) is 55.8 Å². The van der Waals surface area contributed by atoms with E-state index >= 15 is 0 Å². The molecule has 70 heavy (non-hydrogen) atoms. The number of esters is 2. The minimum atomic E-state index is -0.718. The van der Waals surface area contributed by atoms with Gasteiger partial charge >= 0.3 is 25.2 Å². The van der Waals surface area contributed by atoms with Crippen molar-refractivity contribution in [3.8, 4) is 22.3 Å². The van der Waals surface area contributed by atoms with Gasteiger partial charge in [0.15, 0.2) is 0 Å². The number of aromatic nitrogens is 2. The summed E-state index contributed by atoms with van der Waals surface area (Å²) >= 11 is 3.52. The van der Waals surface area contributed by atoms with Crippen LogP contribution in [0.4, 0.5) is 4.79 Å². The lowest BCUT2D eigenvalue weighted by molar-refractivity contribution is -0.143. The molecule has 0 spiro atoms. The summed E-state index contributed by atoms with van der Waals surface area (Å²) in [6.45, 7) is 16.5. The fraction of sp³-hybridized carbons (Fsp3) is 0.400. The van der Waals surface area contributed by atoms with Gasteiger partial charge in [-0.3, -0.25) is 19.6 Å². The van der Waals surface area contributed by atoms with E-state index in [9.17, 15) is 19.5 Å². The third kappa shape index (κ3) is 15.1. The molecule has 13 nitrogen and oxygen atoms in total. The predicted molar refractivity (Wildman–Crippen MR) is 277 cm³/mol. The van der Waals surface area contributed by atoms with E-state index in [0.29, 0.717) is 45.4 Å². The molecule has 2 aromatic heterocycles. The number of rotatable bonds is 15. The van der Waals surface area contributed by atoms with Crippen LogP contribution in [0.1, 0.15) is 84.9 Å². The van der Waals surface area contributed by atoms with E-state index in [1.807, 2.05) is 133 Å². The highest BCUT2D eigenvalue weighted by Crippen LogP contribution is 2.39. The van der Waals surface area contributed by atoms with Crippen molar-refractivity contribution < 1.29 is 52.9 Å². The molecule has 372 valence electrons. The zero-order valence-corrected chi connectivity index (χ0v) is 43.1. The van der Waals surface area contributed by atoms with E-state index in [4.69, 9.17) is 33.4 Å². The van der Waals surface area contributed by atoms with Crippen LogP contribution in [-0.2, 0) is 57.1 Å². The molecule has 0 aliphatic carbocycles. The van der Waals surface area contributed by atoms with Crippen LogP contribution in [0, 0.1) is 0 Å². The van der Waals surface area contributed by atoms with Crippen molar-refractivity contribution in [3.63, 3.8) is 0 Å². The molecule has 4 heterocycles. The van der Waals surface area contributed by atoms with Crippen LogP contribution in [-0.4, -0.2) is 95.2 Å². The average Bonchev–Trinajstić information content (AvgIpc) is 3.86. The quantitative estimate of drug-likeness (QED) is 0.0566. The topological polar surface area (TPSA) is 173 Å². The van der Waals surface area contributed by atoms with Crippen molar-refractivity contribution in [2.45, 2.75) is 117 Å². The monoisotopic (exact) mass is 1020 g/mol. The van der Waals surface area contributed by atoms with Crippen LogP contribution in [0.3, 0.4) is 0 Å². The molecule has 2 aliphatic heterocycles. The Morgan fingerprint density at radius 1 is 0.771 bits per heavy atom. The van der Waals surface area contributed by atoms with Gasteiger partial charge in [0.1, 0.15) is 12.7 Å². The van der Waals surface area contributed by atoms with Gasteiger partial charge in [0, 0.05) is 27.6 Å². The third-order valence-electron chi connectivity index (χ3n) is 12.0. The summed E-state index contributed by atoms with van der Waals surface area (Å²) in [5, 5.41) is 20.7. The van der Waals surface area contributed by atoms with E-state index < -0.39 is 12.3 Å². The number of fused-ring (bicyclic) bond motifs is 2. The van der Waals surface area contributed by atoms with Crippen molar-refractivity contribution in [1.29, 1.82) is 0 Å². The Morgan fingerprint density at radius 3 is 1.77 bits per heavy atom. The number of carbonyl (C=O) groups excluding carboxylic acids is 3. The summed E-state index contributed by atoms with van der Waals surface area (Å²) in [6.07, 6.45) is 4.99. The molecule has 15 heteroatoms. The van der Waals surface area contributed by atoms with Crippen LogP contribution in [0.5, 0.6) is 0 Å². The van der Waals surface area contributed by atoms with Gasteiger partial charge in [-0.05, 0) is 130 Å². The Bertz CT molecular complexity index is 2660. The normalized spacial score (nSPS) is 15.8. The summed E-state index contributed by atoms with van der Waals surface area (Å²) in [5.74, 6) is -0.510. The Morgan fingerprint density at radius 2 is 1.29 bits per heavy atom. The fourth-order valence-electron chi connectivity index (χ4n) is 7.91. The molecule has 2 atom stereocenters. The summed E-state index contributed by atoms with van der Waals surface area (Å²) in [7, 11) is -0.237. The standard InChI is InChI=1S/C23H25NO4.C19H16BrNO2.C11H19BO5.C2H6/c1-2-28-22(27)13-18-14-24-21-9-4-3-8-20(21)23(18)17-7-5-6-16(12-17)10-11-19(26)15-25;1-2-23-18(22)11-14-12-21-17-9-4-3-8-16(17)19(14)13-6-5-7-15(20)10-13;1-10(2)11(3,4)17-12(16-10)6-5-8-7-14-9(13)15-8;1-2/h3-9,12,14,19,25-26H,2,10-11,13,15H2,1H3;3-10,12H,2,11H2,1H3;8H,5-7H2,1-4H3;1-2H3.